The van der Waals surface area contributed by atoms with Crippen molar-refractivity contribution in [3.63, 3.8) is 0 Å². The van der Waals surface area contributed by atoms with E-state index in [0.29, 0.717) is 24.1 Å². The van der Waals surface area contributed by atoms with Crippen molar-refractivity contribution in [1.29, 1.82) is 0 Å². The van der Waals surface area contributed by atoms with Gasteiger partial charge in [-0.1, -0.05) is 40.5 Å². The van der Waals surface area contributed by atoms with E-state index in [-0.39, 0.29) is 12.5 Å². The number of hydrogen-bond donors (Lipinski definition) is 2. The SMILES string of the molecule is CCOc1cc(CNC(C)CC)c(Br)cc1OCC(=O)Nc1ccc(C)cc1. The van der Waals surface area contributed by atoms with Crippen LogP contribution in [0.4, 0.5) is 5.69 Å². The second-order valence-electron chi connectivity index (χ2n) is 6.72. The van der Waals surface area contributed by atoms with Crippen molar-refractivity contribution in [3.8, 4) is 11.5 Å². The second-order valence-corrected chi connectivity index (χ2v) is 7.57. The second kappa shape index (κ2) is 11.1. The van der Waals surface area contributed by atoms with Crippen LogP contribution in [0.2, 0.25) is 0 Å². The molecule has 0 radical (unpaired) electrons. The van der Waals surface area contributed by atoms with E-state index in [4.69, 9.17) is 9.47 Å². The summed E-state index contributed by atoms with van der Waals surface area (Å²) in [5.74, 6) is 0.958. The molecule has 5 nitrogen and oxygen atoms in total. The summed E-state index contributed by atoms with van der Waals surface area (Å²) in [5, 5.41) is 6.30. The van der Waals surface area contributed by atoms with Gasteiger partial charge < -0.3 is 20.1 Å². The van der Waals surface area contributed by atoms with Crippen molar-refractivity contribution in [1.82, 2.24) is 5.32 Å². The third-order valence-corrected chi connectivity index (χ3v) is 5.10. The number of carbonyl (C=O) groups is 1. The van der Waals surface area contributed by atoms with Crippen molar-refractivity contribution < 1.29 is 14.3 Å². The van der Waals surface area contributed by atoms with E-state index >= 15 is 0 Å². The van der Waals surface area contributed by atoms with Crippen LogP contribution in [0.5, 0.6) is 11.5 Å². The van der Waals surface area contributed by atoms with Crippen LogP contribution in [0.3, 0.4) is 0 Å². The van der Waals surface area contributed by atoms with Gasteiger partial charge in [0.1, 0.15) is 0 Å². The van der Waals surface area contributed by atoms with Crippen molar-refractivity contribution in [2.45, 2.75) is 46.7 Å². The minimum atomic E-state index is -0.218. The zero-order valence-corrected chi connectivity index (χ0v) is 18.6. The number of nitrogens with one attached hydrogen (secondary N) is 2. The molecule has 28 heavy (non-hydrogen) atoms. The number of amides is 1. The summed E-state index contributed by atoms with van der Waals surface area (Å²) in [4.78, 5) is 12.2. The van der Waals surface area contributed by atoms with Crippen molar-refractivity contribution in [2.75, 3.05) is 18.5 Å². The monoisotopic (exact) mass is 448 g/mol. The van der Waals surface area contributed by atoms with Gasteiger partial charge in [0.2, 0.25) is 0 Å². The van der Waals surface area contributed by atoms with Crippen LogP contribution in [-0.4, -0.2) is 25.2 Å². The number of ether oxygens (including phenoxy) is 2. The van der Waals surface area contributed by atoms with Crippen LogP contribution in [0.15, 0.2) is 40.9 Å². The van der Waals surface area contributed by atoms with E-state index in [2.05, 4.69) is 40.4 Å². The average molecular weight is 449 g/mol. The molecule has 2 aromatic carbocycles. The zero-order valence-electron chi connectivity index (χ0n) is 17.0. The maximum Gasteiger partial charge on any atom is 0.262 e. The summed E-state index contributed by atoms with van der Waals surface area (Å²) < 4.78 is 12.4. The van der Waals surface area contributed by atoms with Gasteiger partial charge >= 0.3 is 0 Å². The van der Waals surface area contributed by atoms with Gasteiger partial charge in [-0.3, -0.25) is 4.79 Å². The maximum absolute atomic E-state index is 12.2. The molecule has 1 atom stereocenters. The van der Waals surface area contributed by atoms with E-state index < -0.39 is 0 Å². The standard InChI is InChI=1S/C22H29BrN2O3/c1-5-16(4)24-13-17-11-20(27-6-2)21(12-19(17)23)28-14-22(26)25-18-9-7-15(3)8-10-18/h7-12,16,24H,5-6,13-14H2,1-4H3,(H,25,26). The smallest absolute Gasteiger partial charge is 0.262 e. The van der Waals surface area contributed by atoms with E-state index in [0.717, 1.165) is 34.3 Å². The third-order valence-electron chi connectivity index (χ3n) is 4.36. The Morgan fingerprint density at radius 2 is 1.79 bits per heavy atom. The Labute approximate surface area is 175 Å². The fourth-order valence-corrected chi connectivity index (χ4v) is 2.96. The normalized spacial score (nSPS) is 11.8. The molecule has 0 aromatic heterocycles. The minimum Gasteiger partial charge on any atom is -0.490 e. The molecule has 0 aliphatic carbocycles. The van der Waals surface area contributed by atoms with Gasteiger partial charge in [-0.25, -0.2) is 0 Å². The van der Waals surface area contributed by atoms with Gasteiger partial charge in [0, 0.05) is 22.7 Å². The maximum atomic E-state index is 12.2. The van der Waals surface area contributed by atoms with Gasteiger partial charge in [-0.15, -0.1) is 0 Å². The lowest BCUT2D eigenvalue weighted by Crippen LogP contribution is -2.24. The Kier molecular flexibility index (Phi) is 8.80. The molecule has 0 saturated heterocycles. The zero-order chi connectivity index (χ0) is 20.5. The summed E-state index contributed by atoms with van der Waals surface area (Å²) in [6, 6.07) is 11.9. The van der Waals surface area contributed by atoms with Crippen LogP contribution in [0.1, 0.15) is 38.3 Å². The largest absolute Gasteiger partial charge is 0.490 e. The first-order valence-electron chi connectivity index (χ1n) is 9.60. The summed E-state index contributed by atoms with van der Waals surface area (Å²) in [6.07, 6.45) is 1.06. The molecular formula is C22H29BrN2O3. The molecule has 1 amide bonds. The van der Waals surface area contributed by atoms with Crippen molar-refractivity contribution in [2.24, 2.45) is 0 Å². The van der Waals surface area contributed by atoms with Crippen LogP contribution < -0.4 is 20.1 Å². The number of rotatable bonds is 10. The predicted octanol–water partition coefficient (Wildman–Crippen LogP) is 5.06. The molecule has 1 unspecified atom stereocenters. The molecule has 0 bridgehead atoms. The fourth-order valence-electron chi connectivity index (χ4n) is 2.50. The number of anilines is 1. The first kappa shape index (κ1) is 22.2. The molecule has 0 aliphatic rings. The number of hydrogen-bond acceptors (Lipinski definition) is 4. The van der Waals surface area contributed by atoms with Crippen LogP contribution in [0, 0.1) is 6.92 Å². The molecule has 6 heteroatoms. The highest BCUT2D eigenvalue weighted by atomic mass is 79.9. The lowest BCUT2D eigenvalue weighted by molar-refractivity contribution is -0.118. The van der Waals surface area contributed by atoms with Crippen LogP contribution in [0.25, 0.3) is 0 Å². The highest BCUT2D eigenvalue weighted by Crippen LogP contribution is 2.34. The van der Waals surface area contributed by atoms with E-state index in [1.807, 2.05) is 50.2 Å². The Balaban J connectivity index is 2.03. The summed E-state index contributed by atoms with van der Waals surface area (Å²) in [6.45, 7) is 9.38. The summed E-state index contributed by atoms with van der Waals surface area (Å²) in [7, 11) is 0. The van der Waals surface area contributed by atoms with E-state index in [1.165, 1.54) is 0 Å². The quantitative estimate of drug-likeness (QED) is 0.532. The fraction of sp³-hybridized carbons (Fsp3) is 0.409. The Morgan fingerprint density at radius 1 is 1.11 bits per heavy atom. The highest BCUT2D eigenvalue weighted by Gasteiger charge is 2.13. The van der Waals surface area contributed by atoms with E-state index in [9.17, 15) is 4.79 Å². The number of halogens is 1. The topological polar surface area (TPSA) is 59.6 Å². The number of benzene rings is 2. The Morgan fingerprint density at radius 3 is 2.43 bits per heavy atom. The Hall–Kier alpha value is -2.05. The average Bonchev–Trinajstić information content (AvgIpc) is 2.68. The first-order valence-corrected chi connectivity index (χ1v) is 10.4. The number of carbonyl (C=O) groups excluding carboxylic acids is 1. The van der Waals surface area contributed by atoms with Crippen molar-refractivity contribution >= 4 is 27.5 Å². The molecule has 0 fully saturated rings. The van der Waals surface area contributed by atoms with Crippen LogP contribution >= 0.6 is 15.9 Å². The molecule has 0 heterocycles. The number of aryl methyl sites for hydroxylation is 1. The molecule has 0 aliphatic heterocycles. The molecule has 2 aromatic rings. The third kappa shape index (κ3) is 6.84. The van der Waals surface area contributed by atoms with Gasteiger partial charge in [-0.05, 0) is 57.0 Å². The molecule has 0 spiro atoms. The van der Waals surface area contributed by atoms with Gasteiger partial charge in [0.25, 0.3) is 5.91 Å². The minimum absolute atomic E-state index is 0.0924. The predicted molar refractivity (Wildman–Crippen MR) is 117 cm³/mol. The summed E-state index contributed by atoms with van der Waals surface area (Å²) >= 11 is 3.60. The van der Waals surface area contributed by atoms with Crippen LogP contribution in [-0.2, 0) is 11.3 Å². The highest BCUT2D eigenvalue weighted by molar-refractivity contribution is 9.10. The molecule has 2 rings (SSSR count). The summed E-state index contributed by atoms with van der Waals surface area (Å²) in [5.41, 5.74) is 2.97. The van der Waals surface area contributed by atoms with Gasteiger partial charge in [0.05, 0.1) is 6.61 Å². The first-order chi connectivity index (χ1) is 13.4. The lowest BCUT2D eigenvalue weighted by atomic mass is 10.1. The van der Waals surface area contributed by atoms with E-state index in [1.54, 1.807) is 0 Å². The van der Waals surface area contributed by atoms with Gasteiger partial charge in [0.15, 0.2) is 18.1 Å². The Bertz CT molecular complexity index is 778. The molecular weight excluding hydrogens is 420 g/mol. The van der Waals surface area contributed by atoms with Gasteiger partial charge in [-0.2, -0.15) is 0 Å². The molecule has 0 saturated carbocycles. The molecule has 152 valence electrons. The van der Waals surface area contributed by atoms with Crippen molar-refractivity contribution in [3.05, 3.63) is 52.0 Å². The lowest BCUT2D eigenvalue weighted by Gasteiger charge is -2.17. The molecule has 2 N–H and O–H groups in total.